The Kier molecular flexibility index (Phi) is 4.49. The number of amides is 1. The Labute approximate surface area is 95.8 Å². The Hall–Kier alpha value is -1.36. The van der Waals surface area contributed by atoms with Gasteiger partial charge in [-0.3, -0.25) is 9.89 Å². The number of nitrogens with one attached hydrogen (secondary N) is 2. The van der Waals surface area contributed by atoms with E-state index in [1.165, 1.54) is 0 Å². The molecule has 4 N–H and O–H groups in total. The second kappa shape index (κ2) is 5.65. The van der Waals surface area contributed by atoms with E-state index < -0.39 is 0 Å². The van der Waals surface area contributed by atoms with Crippen molar-refractivity contribution in [1.29, 1.82) is 0 Å². The molecule has 1 aromatic heterocycles. The Morgan fingerprint density at radius 3 is 2.75 bits per heavy atom. The maximum absolute atomic E-state index is 11.5. The fourth-order valence-corrected chi connectivity index (χ4v) is 1.29. The quantitative estimate of drug-likeness (QED) is 0.708. The second-order valence-electron chi connectivity index (χ2n) is 4.46. The number of carbonyl (C=O) groups excluding carboxylic acids is 1. The Bertz CT molecular complexity index is 346. The minimum Gasteiger partial charge on any atom is -0.330 e. The van der Waals surface area contributed by atoms with Crippen LogP contribution in [0, 0.1) is 5.92 Å². The summed E-state index contributed by atoms with van der Waals surface area (Å²) in [4.78, 5) is 11.5. The van der Waals surface area contributed by atoms with Gasteiger partial charge in [-0.2, -0.15) is 5.10 Å². The lowest BCUT2D eigenvalue weighted by Crippen LogP contribution is -2.20. The number of rotatable bonds is 5. The molecule has 0 saturated carbocycles. The Morgan fingerprint density at radius 1 is 1.56 bits per heavy atom. The van der Waals surface area contributed by atoms with Crippen molar-refractivity contribution >= 4 is 11.7 Å². The van der Waals surface area contributed by atoms with E-state index >= 15 is 0 Å². The van der Waals surface area contributed by atoms with E-state index in [9.17, 15) is 4.79 Å². The second-order valence-corrected chi connectivity index (χ2v) is 4.46. The molecule has 90 valence electrons. The third-order valence-electron chi connectivity index (χ3n) is 2.42. The molecule has 0 aromatic carbocycles. The van der Waals surface area contributed by atoms with Crippen LogP contribution < -0.4 is 11.1 Å². The van der Waals surface area contributed by atoms with Crippen LogP contribution in [0.15, 0.2) is 6.07 Å². The Balaban J connectivity index is 2.50. The molecule has 1 aromatic rings. The molecule has 5 nitrogen and oxygen atoms in total. The monoisotopic (exact) mass is 224 g/mol. The first-order valence-electron chi connectivity index (χ1n) is 5.58. The SMILES string of the molecule is CC(CN)CC(=O)Nc1cc(C(C)C)[nH]n1. The van der Waals surface area contributed by atoms with E-state index in [1.807, 2.05) is 13.0 Å². The van der Waals surface area contributed by atoms with Crippen molar-refractivity contribution in [3.05, 3.63) is 11.8 Å². The average molecular weight is 224 g/mol. The zero-order valence-corrected chi connectivity index (χ0v) is 10.1. The van der Waals surface area contributed by atoms with Crippen molar-refractivity contribution in [1.82, 2.24) is 10.2 Å². The molecule has 1 atom stereocenters. The van der Waals surface area contributed by atoms with Gasteiger partial charge in [0.25, 0.3) is 0 Å². The van der Waals surface area contributed by atoms with Crippen LogP contribution in [-0.2, 0) is 4.79 Å². The minimum atomic E-state index is -0.0419. The van der Waals surface area contributed by atoms with Crippen molar-refractivity contribution in [2.75, 3.05) is 11.9 Å². The minimum absolute atomic E-state index is 0.0419. The van der Waals surface area contributed by atoms with Gasteiger partial charge >= 0.3 is 0 Å². The van der Waals surface area contributed by atoms with E-state index in [0.717, 1.165) is 5.69 Å². The summed E-state index contributed by atoms with van der Waals surface area (Å²) >= 11 is 0. The molecule has 1 unspecified atom stereocenters. The van der Waals surface area contributed by atoms with Gasteiger partial charge in [-0.15, -0.1) is 0 Å². The van der Waals surface area contributed by atoms with Crippen molar-refractivity contribution in [2.45, 2.75) is 33.1 Å². The fraction of sp³-hybridized carbons (Fsp3) is 0.636. The smallest absolute Gasteiger partial charge is 0.225 e. The van der Waals surface area contributed by atoms with Gasteiger partial charge in [-0.05, 0) is 18.4 Å². The summed E-state index contributed by atoms with van der Waals surface area (Å²) in [5.41, 5.74) is 6.47. The number of aromatic amines is 1. The van der Waals surface area contributed by atoms with Gasteiger partial charge in [0.15, 0.2) is 5.82 Å². The maximum Gasteiger partial charge on any atom is 0.225 e. The number of anilines is 1. The molecule has 1 amide bonds. The van der Waals surface area contributed by atoms with E-state index in [1.54, 1.807) is 0 Å². The van der Waals surface area contributed by atoms with Crippen LogP contribution in [0.2, 0.25) is 0 Å². The third-order valence-corrected chi connectivity index (χ3v) is 2.42. The summed E-state index contributed by atoms with van der Waals surface area (Å²) in [6.45, 7) is 6.60. The third kappa shape index (κ3) is 3.66. The number of aromatic nitrogens is 2. The van der Waals surface area contributed by atoms with Crippen LogP contribution in [0.4, 0.5) is 5.82 Å². The lowest BCUT2D eigenvalue weighted by Gasteiger charge is -2.06. The normalized spacial score (nSPS) is 12.8. The average Bonchev–Trinajstić information content (AvgIpc) is 2.65. The molecule has 1 rings (SSSR count). The van der Waals surface area contributed by atoms with Crippen LogP contribution in [0.3, 0.4) is 0 Å². The molecule has 5 heteroatoms. The zero-order chi connectivity index (χ0) is 12.1. The van der Waals surface area contributed by atoms with Gasteiger partial charge in [-0.1, -0.05) is 20.8 Å². The van der Waals surface area contributed by atoms with Crippen LogP contribution in [0.1, 0.15) is 38.8 Å². The molecule has 16 heavy (non-hydrogen) atoms. The molecule has 0 spiro atoms. The van der Waals surface area contributed by atoms with Crippen LogP contribution >= 0.6 is 0 Å². The molecule has 0 bridgehead atoms. The maximum atomic E-state index is 11.5. The molecule has 0 aliphatic rings. The van der Waals surface area contributed by atoms with Crippen molar-refractivity contribution in [2.24, 2.45) is 11.7 Å². The molecule has 0 saturated heterocycles. The van der Waals surface area contributed by atoms with Gasteiger partial charge in [0.1, 0.15) is 0 Å². The molecule has 1 heterocycles. The number of hydrogen-bond donors (Lipinski definition) is 3. The van der Waals surface area contributed by atoms with Gasteiger partial charge in [0.05, 0.1) is 0 Å². The van der Waals surface area contributed by atoms with E-state index in [4.69, 9.17) is 5.73 Å². The summed E-state index contributed by atoms with van der Waals surface area (Å²) < 4.78 is 0. The van der Waals surface area contributed by atoms with Crippen LogP contribution in [-0.4, -0.2) is 22.6 Å². The number of hydrogen-bond acceptors (Lipinski definition) is 3. The largest absolute Gasteiger partial charge is 0.330 e. The molecule has 0 radical (unpaired) electrons. The Morgan fingerprint density at radius 2 is 2.25 bits per heavy atom. The zero-order valence-electron chi connectivity index (χ0n) is 10.1. The lowest BCUT2D eigenvalue weighted by molar-refractivity contribution is -0.116. The first-order chi connectivity index (χ1) is 7.52. The summed E-state index contributed by atoms with van der Waals surface area (Å²) in [6, 6.07) is 1.86. The summed E-state index contributed by atoms with van der Waals surface area (Å²) in [6.07, 6.45) is 0.431. The highest BCUT2D eigenvalue weighted by atomic mass is 16.1. The van der Waals surface area contributed by atoms with Gasteiger partial charge in [0, 0.05) is 18.2 Å². The van der Waals surface area contributed by atoms with Crippen molar-refractivity contribution in [3.8, 4) is 0 Å². The first-order valence-corrected chi connectivity index (χ1v) is 5.58. The van der Waals surface area contributed by atoms with Crippen molar-refractivity contribution < 1.29 is 4.79 Å². The molecule has 0 aliphatic heterocycles. The summed E-state index contributed by atoms with van der Waals surface area (Å²) in [7, 11) is 0. The highest BCUT2D eigenvalue weighted by molar-refractivity contribution is 5.89. The number of nitrogens with zero attached hydrogens (tertiary/aromatic N) is 1. The topological polar surface area (TPSA) is 83.8 Å². The summed E-state index contributed by atoms with van der Waals surface area (Å²) in [5, 5.41) is 9.66. The van der Waals surface area contributed by atoms with E-state index in [0.29, 0.717) is 24.7 Å². The summed E-state index contributed by atoms with van der Waals surface area (Å²) in [5.74, 6) is 1.11. The highest BCUT2D eigenvalue weighted by Gasteiger charge is 2.10. The lowest BCUT2D eigenvalue weighted by atomic mass is 10.1. The fourth-order valence-electron chi connectivity index (χ4n) is 1.29. The van der Waals surface area contributed by atoms with Gasteiger partial charge < -0.3 is 11.1 Å². The van der Waals surface area contributed by atoms with Crippen molar-refractivity contribution in [3.63, 3.8) is 0 Å². The van der Waals surface area contributed by atoms with Crippen LogP contribution in [0.5, 0.6) is 0 Å². The van der Waals surface area contributed by atoms with E-state index in [2.05, 4.69) is 29.4 Å². The van der Waals surface area contributed by atoms with Gasteiger partial charge in [0.2, 0.25) is 5.91 Å². The number of H-pyrrole nitrogens is 1. The first kappa shape index (κ1) is 12.7. The highest BCUT2D eigenvalue weighted by Crippen LogP contribution is 2.15. The molecule has 0 aliphatic carbocycles. The molecular formula is C11H20N4O. The molecule has 0 fully saturated rings. The predicted molar refractivity (Wildman–Crippen MR) is 64.1 cm³/mol. The molecular weight excluding hydrogens is 204 g/mol. The number of carbonyl (C=O) groups is 1. The predicted octanol–water partition coefficient (Wildman–Crippen LogP) is 1.46. The number of nitrogens with two attached hydrogens (primary N) is 1. The van der Waals surface area contributed by atoms with Gasteiger partial charge in [-0.25, -0.2) is 0 Å². The van der Waals surface area contributed by atoms with E-state index in [-0.39, 0.29) is 11.8 Å². The van der Waals surface area contributed by atoms with Crippen LogP contribution in [0.25, 0.3) is 0 Å². The standard InChI is InChI=1S/C11H20N4O/c1-7(2)9-5-10(15-14-9)13-11(16)4-8(3)6-12/h5,7-8H,4,6,12H2,1-3H3,(H2,13,14,15,16).